The Morgan fingerprint density at radius 2 is 1.84 bits per heavy atom. The SMILES string of the molecule is CSCC[C@@H](NC(=O)OCc1ccccc1)C(=O)N[C@H](CO)C(=O)O. The Labute approximate surface area is 149 Å². The van der Waals surface area contributed by atoms with Crippen LogP contribution in [0.5, 0.6) is 0 Å². The molecule has 138 valence electrons. The summed E-state index contributed by atoms with van der Waals surface area (Å²) in [4.78, 5) is 35.0. The number of aliphatic carboxylic acids is 1. The Kier molecular flexibility index (Phi) is 9.41. The average Bonchev–Trinajstić information content (AvgIpc) is 2.61. The summed E-state index contributed by atoms with van der Waals surface area (Å²) >= 11 is 1.48. The smallest absolute Gasteiger partial charge is 0.408 e. The van der Waals surface area contributed by atoms with Gasteiger partial charge in [0.1, 0.15) is 18.7 Å². The molecule has 0 aromatic heterocycles. The minimum absolute atomic E-state index is 0.0535. The van der Waals surface area contributed by atoms with Crippen LogP contribution in [-0.4, -0.2) is 58.9 Å². The zero-order chi connectivity index (χ0) is 18.7. The van der Waals surface area contributed by atoms with Crippen LogP contribution in [0.1, 0.15) is 12.0 Å². The fourth-order valence-corrected chi connectivity index (χ4v) is 2.34. The van der Waals surface area contributed by atoms with E-state index >= 15 is 0 Å². The Morgan fingerprint density at radius 3 is 2.40 bits per heavy atom. The van der Waals surface area contributed by atoms with E-state index in [1.54, 1.807) is 12.1 Å². The van der Waals surface area contributed by atoms with E-state index in [-0.39, 0.29) is 6.61 Å². The van der Waals surface area contributed by atoms with Crippen molar-refractivity contribution in [2.45, 2.75) is 25.1 Å². The lowest BCUT2D eigenvalue weighted by Gasteiger charge is -2.20. The molecule has 0 radical (unpaired) electrons. The molecule has 0 aliphatic carbocycles. The van der Waals surface area contributed by atoms with Crippen molar-refractivity contribution in [3.63, 3.8) is 0 Å². The molecular formula is C16H22N2O6S. The topological polar surface area (TPSA) is 125 Å². The molecule has 0 aliphatic heterocycles. The lowest BCUT2D eigenvalue weighted by molar-refractivity contribution is -0.143. The lowest BCUT2D eigenvalue weighted by atomic mass is 10.2. The molecule has 0 bridgehead atoms. The fraction of sp³-hybridized carbons (Fsp3) is 0.438. The molecule has 4 N–H and O–H groups in total. The zero-order valence-corrected chi connectivity index (χ0v) is 14.6. The normalized spacial score (nSPS) is 12.7. The van der Waals surface area contributed by atoms with Crippen LogP contribution in [0.4, 0.5) is 4.79 Å². The summed E-state index contributed by atoms with van der Waals surface area (Å²) in [6.07, 6.45) is 1.36. The molecule has 0 unspecified atom stereocenters. The van der Waals surface area contributed by atoms with E-state index in [2.05, 4.69) is 10.6 Å². The number of aliphatic hydroxyl groups excluding tert-OH is 1. The van der Waals surface area contributed by atoms with Crippen molar-refractivity contribution in [3.8, 4) is 0 Å². The number of carboxylic acid groups (broad SMARTS) is 1. The highest BCUT2D eigenvalue weighted by Gasteiger charge is 2.26. The largest absolute Gasteiger partial charge is 0.480 e. The molecule has 2 amide bonds. The van der Waals surface area contributed by atoms with E-state index in [4.69, 9.17) is 14.9 Å². The zero-order valence-electron chi connectivity index (χ0n) is 13.8. The molecule has 1 rings (SSSR count). The Hall–Kier alpha value is -2.26. The summed E-state index contributed by atoms with van der Waals surface area (Å²) in [5.41, 5.74) is 0.800. The second-order valence-electron chi connectivity index (χ2n) is 5.12. The fourth-order valence-electron chi connectivity index (χ4n) is 1.87. The number of carbonyl (C=O) groups excluding carboxylic acids is 2. The molecule has 25 heavy (non-hydrogen) atoms. The summed E-state index contributed by atoms with van der Waals surface area (Å²) in [6.45, 7) is -0.688. The molecular weight excluding hydrogens is 348 g/mol. The van der Waals surface area contributed by atoms with Crippen molar-refractivity contribution < 1.29 is 29.3 Å². The first-order chi connectivity index (χ1) is 12.0. The maximum absolute atomic E-state index is 12.2. The molecule has 0 spiro atoms. The van der Waals surface area contributed by atoms with Crippen molar-refractivity contribution >= 4 is 29.7 Å². The van der Waals surface area contributed by atoms with Gasteiger partial charge < -0.3 is 25.6 Å². The highest BCUT2D eigenvalue weighted by atomic mass is 32.2. The van der Waals surface area contributed by atoms with Crippen molar-refractivity contribution in [1.29, 1.82) is 0 Å². The maximum Gasteiger partial charge on any atom is 0.408 e. The van der Waals surface area contributed by atoms with Crippen molar-refractivity contribution in [2.24, 2.45) is 0 Å². The molecule has 1 aromatic rings. The monoisotopic (exact) mass is 370 g/mol. The van der Waals surface area contributed by atoms with E-state index in [0.29, 0.717) is 12.2 Å². The van der Waals surface area contributed by atoms with Gasteiger partial charge in [-0.25, -0.2) is 9.59 Å². The third kappa shape index (κ3) is 7.90. The number of rotatable bonds is 10. The summed E-state index contributed by atoms with van der Waals surface area (Å²) in [6, 6.07) is 6.68. The van der Waals surface area contributed by atoms with Crippen LogP contribution >= 0.6 is 11.8 Å². The van der Waals surface area contributed by atoms with Gasteiger partial charge in [0.05, 0.1) is 6.61 Å². The van der Waals surface area contributed by atoms with Gasteiger partial charge in [-0.05, 0) is 24.0 Å². The van der Waals surface area contributed by atoms with E-state index in [9.17, 15) is 14.4 Å². The number of hydrogen-bond acceptors (Lipinski definition) is 6. The first-order valence-electron chi connectivity index (χ1n) is 7.58. The van der Waals surface area contributed by atoms with Crippen LogP contribution in [0.15, 0.2) is 30.3 Å². The van der Waals surface area contributed by atoms with Crippen LogP contribution in [0.2, 0.25) is 0 Å². The highest BCUT2D eigenvalue weighted by Crippen LogP contribution is 2.04. The second kappa shape index (κ2) is 11.3. The summed E-state index contributed by atoms with van der Waals surface area (Å²) in [5.74, 6) is -1.47. The highest BCUT2D eigenvalue weighted by molar-refractivity contribution is 7.98. The van der Waals surface area contributed by atoms with Crippen LogP contribution in [0.3, 0.4) is 0 Å². The minimum Gasteiger partial charge on any atom is -0.480 e. The number of hydrogen-bond donors (Lipinski definition) is 4. The van der Waals surface area contributed by atoms with Crippen LogP contribution in [0, 0.1) is 0 Å². The molecule has 0 heterocycles. The molecule has 0 saturated heterocycles. The quantitative estimate of drug-likeness (QED) is 0.475. The molecule has 2 atom stereocenters. The lowest BCUT2D eigenvalue weighted by Crippen LogP contribution is -2.53. The van der Waals surface area contributed by atoms with Gasteiger partial charge in [0, 0.05) is 0 Å². The van der Waals surface area contributed by atoms with Crippen LogP contribution in [-0.2, 0) is 20.9 Å². The molecule has 0 fully saturated rings. The molecule has 8 nitrogen and oxygen atoms in total. The van der Waals surface area contributed by atoms with Gasteiger partial charge in [0.25, 0.3) is 0 Å². The Morgan fingerprint density at radius 1 is 1.16 bits per heavy atom. The number of ether oxygens (including phenoxy) is 1. The third-order valence-electron chi connectivity index (χ3n) is 3.23. The van der Waals surface area contributed by atoms with Crippen LogP contribution < -0.4 is 10.6 Å². The average molecular weight is 370 g/mol. The van der Waals surface area contributed by atoms with Gasteiger partial charge in [-0.2, -0.15) is 11.8 Å². The van der Waals surface area contributed by atoms with E-state index in [1.165, 1.54) is 11.8 Å². The Balaban J connectivity index is 2.59. The summed E-state index contributed by atoms with van der Waals surface area (Å²) in [7, 11) is 0. The third-order valence-corrected chi connectivity index (χ3v) is 3.87. The first-order valence-corrected chi connectivity index (χ1v) is 8.97. The second-order valence-corrected chi connectivity index (χ2v) is 6.11. The molecule has 0 saturated carbocycles. The minimum atomic E-state index is -1.42. The standard InChI is InChI=1S/C16H22N2O6S/c1-25-8-7-12(14(20)17-13(9-19)15(21)22)18-16(23)24-10-11-5-3-2-4-6-11/h2-6,12-13,19H,7-10H2,1H3,(H,17,20)(H,18,23)(H,21,22)/t12-,13-/m1/s1. The van der Waals surface area contributed by atoms with E-state index < -0.39 is 36.7 Å². The number of amides is 2. The first kappa shape index (κ1) is 20.8. The number of thioether (sulfide) groups is 1. The van der Waals surface area contributed by atoms with Gasteiger partial charge in [0.2, 0.25) is 5.91 Å². The van der Waals surface area contributed by atoms with Gasteiger partial charge >= 0.3 is 12.1 Å². The number of aliphatic hydroxyl groups is 1. The van der Waals surface area contributed by atoms with Gasteiger partial charge in [-0.15, -0.1) is 0 Å². The summed E-state index contributed by atoms with van der Waals surface area (Å²) < 4.78 is 5.06. The van der Waals surface area contributed by atoms with Gasteiger partial charge in [0.15, 0.2) is 0 Å². The maximum atomic E-state index is 12.2. The van der Waals surface area contributed by atoms with E-state index in [0.717, 1.165) is 5.56 Å². The number of nitrogens with one attached hydrogen (secondary N) is 2. The van der Waals surface area contributed by atoms with Crippen molar-refractivity contribution in [2.75, 3.05) is 18.6 Å². The predicted molar refractivity (Wildman–Crippen MR) is 93.2 cm³/mol. The molecule has 1 aromatic carbocycles. The number of benzene rings is 1. The van der Waals surface area contributed by atoms with Crippen molar-refractivity contribution in [1.82, 2.24) is 10.6 Å². The van der Waals surface area contributed by atoms with E-state index in [1.807, 2.05) is 24.5 Å². The van der Waals surface area contributed by atoms with Crippen LogP contribution in [0.25, 0.3) is 0 Å². The number of carboxylic acids is 1. The molecule has 9 heteroatoms. The molecule has 0 aliphatic rings. The summed E-state index contributed by atoms with van der Waals surface area (Å²) in [5, 5.41) is 22.5. The number of carbonyl (C=O) groups is 3. The number of alkyl carbamates (subject to hydrolysis) is 1. The van der Waals surface area contributed by atoms with Gasteiger partial charge in [-0.1, -0.05) is 30.3 Å². The van der Waals surface area contributed by atoms with Crippen molar-refractivity contribution in [3.05, 3.63) is 35.9 Å². The van der Waals surface area contributed by atoms with Gasteiger partial charge in [-0.3, -0.25) is 4.79 Å². The Bertz CT molecular complexity index is 569. The predicted octanol–water partition coefficient (Wildman–Crippen LogP) is 0.596.